The summed E-state index contributed by atoms with van der Waals surface area (Å²) in [5.74, 6) is -0.323. The molecule has 1 aliphatic rings. The summed E-state index contributed by atoms with van der Waals surface area (Å²) in [6.45, 7) is 2.40. The minimum absolute atomic E-state index is 0.0370. The van der Waals surface area contributed by atoms with Gasteiger partial charge in [0.05, 0.1) is 0 Å². The summed E-state index contributed by atoms with van der Waals surface area (Å²) in [6, 6.07) is 3.01. The molecule has 0 saturated heterocycles. The maximum absolute atomic E-state index is 11.4. The van der Waals surface area contributed by atoms with Crippen LogP contribution in [0, 0.1) is 10.1 Å². The van der Waals surface area contributed by atoms with E-state index >= 15 is 0 Å². The number of ether oxygens (including phenoxy) is 2. The van der Waals surface area contributed by atoms with E-state index in [1.807, 2.05) is 6.92 Å². The maximum Gasteiger partial charge on any atom is 0.406 e. The van der Waals surface area contributed by atoms with E-state index in [1.54, 1.807) is 6.07 Å². The lowest BCUT2D eigenvalue weighted by molar-refractivity contribution is -0.390. The molecule has 0 spiro atoms. The number of carbonyl (C=O) groups is 1. The van der Waals surface area contributed by atoms with Crippen LogP contribution in [0.15, 0.2) is 18.3 Å². The Labute approximate surface area is 109 Å². The van der Waals surface area contributed by atoms with Crippen molar-refractivity contribution in [3.63, 3.8) is 0 Å². The summed E-state index contributed by atoms with van der Waals surface area (Å²) in [4.78, 5) is 25.2. The first-order chi connectivity index (χ1) is 9.13. The Morgan fingerprint density at radius 3 is 3.00 bits per heavy atom. The molecule has 7 heteroatoms. The Balaban J connectivity index is 2.05. The molecule has 0 amide bonds. The third-order valence-corrected chi connectivity index (χ3v) is 2.76. The van der Waals surface area contributed by atoms with Gasteiger partial charge in [0.1, 0.15) is 12.3 Å². The van der Waals surface area contributed by atoms with Crippen molar-refractivity contribution < 1.29 is 19.2 Å². The van der Waals surface area contributed by atoms with Crippen LogP contribution in [0.25, 0.3) is 0 Å². The fourth-order valence-electron chi connectivity index (χ4n) is 1.79. The molecular weight excluding hydrogens is 252 g/mol. The molecule has 0 aliphatic heterocycles. The van der Waals surface area contributed by atoms with Gasteiger partial charge in [-0.2, -0.15) is 0 Å². The van der Waals surface area contributed by atoms with Crippen LogP contribution in [0.1, 0.15) is 19.8 Å². The summed E-state index contributed by atoms with van der Waals surface area (Å²) in [5, 5.41) is 10.8. The molecule has 1 aromatic heterocycles. The second-order valence-electron chi connectivity index (χ2n) is 4.20. The summed E-state index contributed by atoms with van der Waals surface area (Å²) in [6.07, 6.45) is 1.23. The van der Waals surface area contributed by atoms with Crippen molar-refractivity contribution in [2.75, 3.05) is 6.61 Å². The SMILES string of the molecule is CCCOC1C(=O)CC1Oc1cccnc1[N+](=O)[O-]. The molecule has 0 N–H and O–H groups in total. The predicted molar refractivity (Wildman–Crippen MR) is 65.0 cm³/mol. The number of nitrogens with zero attached hydrogens (tertiary/aromatic N) is 2. The van der Waals surface area contributed by atoms with Gasteiger partial charge in [-0.15, -0.1) is 0 Å². The molecule has 0 aromatic carbocycles. The second-order valence-corrected chi connectivity index (χ2v) is 4.20. The summed E-state index contributed by atoms with van der Waals surface area (Å²) in [5.41, 5.74) is 0. The average Bonchev–Trinajstić information content (AvgIpc) is 2.39. The highest BCUT2D eigenvalue weighted by Crippen LogP contribution is 2.30. The Morgan fingerprint density at radius 2 is 2.37 bits per heavy atom. The van der Waals surface area contributed by atoms with Gasteiger partial charge in [-0.05, 0) is 28.5 Å². The number of nitro groups is 1. The lowest BCUT2D eigenvalue weighted by Crippen LogP contribution is -2.52. The minimum Gasteiger partial charge on any atom is -0.479 e. The van der Waals surface area contributed by atoms with E-state index in [1.165, 1.54) is 12.3 Å². The lowest BCUT2D eigenvalue weighted by atomic mass is 9.90. The number of carbonyl (C=O) groups excluding carboxylic acids is 1. The van der Waals surface area contributed by atoms with Gasteiger partial charge in [0.25, 0.3) is 0 Å². The van der Waals surface area contributed by atoms with Gasteiger partial charge < -0.3 is 19.6 Å². The molecule has 1 fully saturated rings. The van der Waals surface area contributed by atoms with Crippen LogP contribution >= 0.6 is 0 Å². The molecule has 102 valence electrons. The van der Waals surface area contributed by atoms with Crippen molar-refractivity contribution in [2.45, 2.75) is 32.0 Å². The second kappa shape index (κ2) is 5.75. The van der Waals surface area contributed by atoms with E-state index < -0.39 is 17.1 Å². The molecule has 1 aromatic rings. The number of rotatable bonds is 6. The van der Waals surface area contributed by atoms with Crippen LogP contribution in [0.5, 0.6) is 5.75 Å². The molecule has 2 unspecified atom stereocenters. The van der Waals surface area contributed by atoms with Crippen molar-refractivity contribution in [1.29, 1.82) is 0 Å². The number of ketones is 1. The van der Waals surface area contributed by atoms with E-state index in [4.69, 9.17) is 9.47 Å². The molecule has 7 nitrogen and oxygen atoms in total. The normalized spacial score (nSPS) is 21.8. The van der Waals surface area contributed by atoms with Crippen LogP contribution in [-0.2, 0) is 9.53 Å². The fraction of sp³-hybridized carbons (Fsp3) is 0.500. The van der Waals surface area contributed by atoms with Crippen molar-refractivity contribution in [2.24, 2.45) is 0 Å². The number of aromatic nitrogens is 1. The van der Waals surface area contributed by atoms with Gasteiger partial charge in [-0.3, -0.25) is 4.79 Å². The smallest absolute Gasteiger partial charge is 0.406 e. The number of pyridine rings is 1. The maximum atomic E-state index is 11.4. The third kappa shape index (κ3) is 2.87. The molecule has 2 atom stereocenters. The molecular formula is C12H14N2O5. The van der Waals surface area contributed by atoms with E-state index in [-0.39, 0.29) is 23.8 Å². The zero-order valence-corrected chi connectivity index (χ0v) is 10.4. The summed E-state index contributed by atoms with van der Waals surface area (Å²) in [7, 11) is 0. The van der Waals surface area contributed by atoms with Crippen molar-refractivity contribution in [3.05, 3.63) is 28.4 Å². The Kier molecular flexibility index (Phi) is 4.06. The summed E-state index contributed by atoms with van der Waals surface area (Å²) < 4.78 is 10.8. The minimum atomic E-state index is -0.625. The molecule has 0 radical (unpaired) electrons. The Bertz CT molecular complexity index is 491. The van der Waals surface area contributed by atoms with E-state index in [0.717, 1.165) is 6.42 Å². The van der Waals surface area contributed by atoms with Gasteiger partial charge in [0, 0.05) is 13.0 Å². The number of hydrogen-bond acceptors (Lipinski definition) is 6. The predicted octanol–water partition coefficient (Wildman–Crippen LogP) is 1.51. The molecule has 1 aliphatic carbocycles. The third-order valence-electron chi connectivity index (χ3n) is 2.76. The number of Topliss-reactive ketones (excluding diaryl/α,β-unsaturated/α-hetero) is 1. The van der Waals surface area contributed by atoms with Crippen LogP contribution in [0.3, 0.4) is 0 Å². The lowest BCUT2D eigenvalue weighted by Gasteiger charge is -2.34. The highest BCUT2D eigenvalue weighted by atomic mass is 16.6. The van der Waals surface area contributed by atoms with Crippen LogP contribution < -0.4 is 4.74 Å². The van der Waals surface area contributed by atoms with Gasteiger partial charge in [-0.1, -0.05) is 6.92 Å². The molecule has 1 heterocycles. The topological polar surface area (TPSA) is 91.6 Å². The number of hydrogen-bond donors (Lipinski definition) is 0. The quantitative estimate of drug-likeness (QED) is 0.572. The standard InChI is InChI=1S/C12H14N2O5/c1-2-6-18-11-8(15)7-10(11)19-9-4-3-5-13-12(9)14(16)17/h3-5,10-11H,2,6-7H2,1H3. The first-order valence-electron chi connectivity index (χ1n) is 6.04. The van der Waals surface area contributed by atoms with Crippen molar-refractivity contribution in [3.8, 4) is 5.75 Å². The van der Waals surface area contributed by atoms with E-state index in [0.29, 0.717) is 6.61 Å². The molecule has 2 rings (SSSR count). The monoisotopic (exact) mass is 266 g/mol. The van der Waals surface area contributed by atoms with Crippen molar-refractivity contribution in [1.82, 2.24) is 4.98 Å². The molecule has 0 bridgehead atoms. The Morgan fingerprint density at radius 1 is 1.58 bits per heavy atom. The fourth-order valence-corrected chi connectivity index (χ4v) is 1.79. The first-order valence-corrected chi connectivity index (χ1v) is 6.04. The highest BCUT2D eigenvalue weighted by molar-refractivity contribution is 5.90. The zero-order valence-electron chi connectivity index (χ0n) is 10.4. The van der Waals surface area contributed by atoms with Gasteiger partial charge in [-0.25, -0.2) is 0 Å². The Hall–Kier alpha value is -2.02. The first kappa shape index (κ1) is 13.4. The highest BCUT2D eigenvalue weighted by Gasteiger charge is 2.43. The zero-order chi connectivity index (χ0) is 13.8. The van der Waals surface area contributed by atoms with Crippen molar-refractivity contribution >= 4 is 11.6 Å². The summed E-state index contributed by atoms with van der Waals surface area (Å²) >= 11 is 0. The van der Waals surface area contributed by atoms with Gasteiger partial charge >= 0.3 is 5.82 Å². The van der Waals surface area contributed by atoms with Crippen LogP contribution in [0.4, 0.5) is 5.82 Å². The molecule has 1 saturated carbocycles. The van der Waals surface area contributed by atoms with Crippen LogP contribution in [0.2, 0.25) is 0 Å². The largest absolute Gasteiger partial charge is 0.479 e. The average molecular weight is 266 g/mol. The van der Waals surface area contributed by atoms with E-state index in [2.05, 4.69) is 4.98 Å². The van der Waals surface area contributed by atoms with E-state index in [9.17, 15) is 14.9 Å². The van der Waals surface area contributed by atoms with Crippen LogP contribution in [-0.4, -0.2) is 34.5 Å². The van der Waals surface area contributed by atoms with Gasteiger partial charge in [0.15, 0.2) is 11.9 Å². The van der Waals surface area contributed by atoms with Gasteiger partial charge in [0.2, 0.25) is 5.75 Å². The molecule has 19 heavy (non-hydrogen) atoms.